The summed E-state index contributed by atoms with van der Waals surface area (Å²) in [6.45, 7) is 4.71. The van der Waals surface area contributed by atoms with Crippen molar-refractivity contribution in [1.82, 2.24) is 14.8 Å². The number of methoxy groups -OCH3 is 1. The summed E-state index contributed by atoms with van der Waals surface area (Å²) < 4.78 is 11.7. The normalized spacial score (nSPS) is 12.8. The third-order valence-corrected chi connectivity index (χ3v) is 1.74. The molecular weight excluding hydrogens is 186 g/mol. The second-order valence-corrected chi connectivity index (χ2v) is 2.92. The van der Waals surface area contributed by atoms with Gasteiger partial charge in [-0.2, -0.15) is 0 Å². The van der Waals surface area contributed by atoms with Gasteiger partial charge in [0.15, 0.2) is 0 Å². The maximum absolute atomic E-state index is 11.0. The lowest BCUT2D eigenvalue weighted by molar-refractivity contribution is 0.148. The van der Waals surface area contributed by atoms with E-state index in [1.807, 2.05) is 13.8 Å². The summed E-state index contributed by atoms with van der Waals surface area (Å²) in [5, 5.41) is 2.56. The maximum atomic E-state index is 11.0. The first-order valence-corrected chi connectivity index (χ1v) is 4.49. The second kappa shape index (κ2) is 4.80. The molecule has 0 spiro atoms. The van der Waals surface area contributed by atoms with E-state index < -0.39 is 5.69 Å². The fraction of sp³-hybridized carbons (Fsp3) is 0.750. The highest BCUT2D eigenvalue weighted by molar-refractivity contribution is 4.93. The average Bonchev–Trinajstić information content (AvgIpc) is 2.48. The van der Waals surface area contributed by atoms with E-state index in [0.29, 0.717) is 19.2 Å². The van der Waals surface area contributed by atoms with Gasteiger partial charge in [-0.3, -0.25) is 0 Å². The van der Waals surface area contributed by atoms with E-state index in [4.69, 9.17) is 9.47 Å². The van der Waals surface area contributed by atoms with Gasteiger partial charge in [0.1, 0.15) is 0 Å². The van der Waals surface area contributed by atoms with Crippen molar-refractivity contribution in [2.24, 2.45) is 0 Å². The zero-order chi connectivity index (χ0) is 10.6. The van der Waals surface area contributed by atoms with Crippen LogP contribution in [0.15, 0.2) is 4.79 Å². The Kier molecular flexibility index (Phi) is 3.70. The quantitative estimate of drug-likeness (QED) is 0.737. The van der Waals surface area contributed by atoms with Crippen molar-refractivity contribution < 1.29 is 9.47 Å². The Bertz CT molecular complexity index is 331. The molecule has 0 saturated heterocycles. The van der Waals surface area contributed by atoms with Crippen molar-refractivity contribution in [3.05, 3.63) is 10.5 Å². The molecule has 0 aliphatic heterocycles. The molecule has 1 rings (SSSR count). The van der Waals surface area contributed by atoms with Gasteiger partial charge >= 0.3 is 11.7 Å². The van der Waals surface area contributed by atoms with Crippen LogP contribution >= 0.6 is 0 Å². The Morgan fingerprint density at radius 1 is 1.64 bits per heavy atom. The molecule has 1 N–H and O–H groups in total. The molecule has 1 aromatic rings. The summed E-state index contributed by atoms with van der Waals surface area (Å²) in [5.41, 5.74) is -0.406. The van der Waals surface area contributed by atoms with Crippen molar-refractivity contribution in [3.8, 4) is 6.01 Å². The smallest absolute Gasteiger partial charge is 0.364 e. The van der Waals surface area contributed by atoms with Crippen molar-refractivity contribution in [1.29, 1.82) is 0 Å². The van der Waals surface area contributed by atoms with Gasteiger partial charge in [0.2, 0.25) is 0 Å². The topological polar surface area (TPSA) is 69.1 Å². The zero-order valence-corrected chi connectivity index (χ0v) is 8.61. The zero-order valence-electron chi connectivity index (χ0n) is 8.61. The Balaban J connectivity index is 2.88. The molecule has 14 heavy (non-hydrogen) atoms. The van der Waals surface area contributed by atoms with Crippen LogP contribution in [0.5, 0.6) is 6.01 Å². The van der Waals surface area contributed by atoms with Crippen LogP contribution in [-0.4, -0.2) is 35.1 Å². The SMILES string of the molecule is CCOc1nc(=O)[nH]n1C(C)COC. The summed E-state index contributed by atoms with van der Waals surface area (Å²) in [4.78, 5) is 14.7. The molecule has 1 aromatic heterocycles. The van der Waals surface area contributed by atoms with Gasteiger partial charge in [-0.05, 0) is 13.8 Å². The number of aromatic amines is 1. The van der Waals surface area contributed by atoms with Crippen molar-refractivity contribution in [2.45, 2.75) is 19.9 Å². The number of aromatic nitrogens is 3. The minimum absolute atomic E-state index is 0.00301. The molecule has 0 bridgehead atoms. The second-order valence-electron chi connectivity index (χ2n) is 2.92. The van der Waals surface area contributed by atoms with Crippen LogP contribution in [0.1, 0.15) is 19.9 Å². The Labute approximate surface area is 81.8 Å². The number of hydrogen-bond donors (Lipinski definition) is 1. The fourth-order valence-electron chi connectivity index (χ4n) is 1.16. The van der Waals surface area contributed by atoms with Gasteiger partial charge in [-0.25, -0.2) is 14.6 Å². The first kappa shape index (κ1) is 10.8. The van der Waals surface area contributed by atoms with Crippen molar-refractivity contribution in [3.63, 3.8) is 0 Å². The van der Waals surface area contributed by atoms with E-state index in [2.05, 4.69) is 10.1 Å². The average molecular weight is 201 g/mol. The molecule has 0 aliphatic carbocycles. The highest BCUT2D eigenvalue weighted by Crippen LogP contribution is 2.11. The Hall–Kier alpha value is -1.30. The number of nitrogens with zero attached hydrogens (tertiary/aromatic N) is 2. The first-order valence-electron chi connectivity index (χ1n) is 4.49. The summed E-state index contributed by atoms with van der Waals surface area (Å²) in [6, 6.07) is 0.304. The predicted octanol–water partition coefficient (Wildman–Crippen LogP) is 0.177. The number of ether oxygens (including phenoxy) is 2. The van der Waals surface area contributed by atoms with Crippen molar-refractivity contribution >= 4 is 0 Å². The van der Waals surface area contributed by atoms with E-state index in [0.717, 1.165) is 0 Å². The molecule has 1 heterocycles. The molecule has 0 fully saturated rings. The van der Waals surface area contributed by atoms with Gasteiger partial charge in [-0.1, -0.05) is 0 Å². The number of H-pyrrole nitrogens is 1. The lowest BCUT2D eigenvalue weighted by Gasteiger charge is -2.13. The van der Waals surface area contributed by atoms with E-state index in [-0.39, 0.29) is 6.04 Å². The molecule has 0 saturated carbocycles. The summed E-state index contributed by atoms with van der Waals surface area (Å²) in [6.07, 6.45) is 0. The molecule has 0 aliphatic rings. The summed E-state index contributed by atoms with van der Waals surface area (Å²) in [5.74, 6) is 0. The van der Waals surface area contributed by atoms with Gasteiger partial charge in [0.25, 0.3) is 0 Å². The van der Waals surface area contributed by atoms with E-state index in [1.54, 1.807) is 11.8 Å². The van der Waals surface area contributed by atoms with Gasteiger partial charge in [-0.15, -0.1) is 4.98 Å². The monoisotopic (exact) mass is 201 g/mol. The van der Waals surface area contributed by atoms with Crippen LogP contribution in [0.25, 0.3) is 0 Å². The molecule has 80 valence electrons. The molecule has 0 radical (unpaired) electrons. The third kappa shape index (κ3) is 2.35. The number of nitrogens with one attached hydrogen (secondary N) is 1. The van der Waals surface area contributed by atoms with Crippen LogP contribution < -0.4 is 10.4 Å². The minimum Gasteiger partial charge on any atom is -0.464 e. The molecule has 1 atom stereocenters. The fourth-order valence-corrected chi connectivity index (χ4v) is 1.16. The highest BCUT2D eigenvalue weighted by Gasteiger charge is 2.12. The van der Waals surface area contributed by atoms with Crippen LogP contribution in [0.2, 0.25) is 0 Å². The number of hydrogen-bond acceptors (Lipinski definition) is 4. The molecule has 6 nitrogen and oxygen atoms in total. The predicted molar refractivity (Wildman–Crippen MR) is 50.6 cm³/mol. The summed E-state index contributed by atoms with van der Waals surface area (Å²) in [7, 11) is 1.60. The molecule has 6 heteroatoms. The molecule has 0 amide bonds. The maximum Gasteiger partial charge on any atom is 0.364 e. The largest absolute Gasteiger partial charge is 0.464 e. The molecule has 1 unspecified atom stereocenters. The molecule has 0 aromatic carbocycles. The Morgan fingerprint density at radius 3 is 2.93 bits per heavy atom. The van der Waals surface area contributed by atoms with Gasteiger partial charge < -0.3 is 9.47 Å². The Morgan fingerprint density at radius 2 is 2.36 bits per heavy atom. The summed E-state index contributed by atoms with van der Waals surface area (Å²) >= 11 is 0. The number of rotatable bonds is 5. The van der Waals surface area contributed by atoms with Crippen LogP contribution in [0.4, 0.5) is 0 Å². The minimum atomic E-state index is -0.406. The standard InChI is InChI=1S/C8H15N3O3/c1-4-14-8-9-7(12)10-11(8)6(2)5-13-3/h6H,4-5H2,1-3H3,(H,10,12). The highest BCUT2D eigenvalue weighted by atomic mass is 16.5. The lowest BCUT2D eigenvalue weighted by atomic mass is 10.4. The van der Waals surface area contributed by atoms with E-state index in [9.17, 15) is 4.79 Å². The van der Waals surface area contributed by atoms with Crippen LogP contribution in [0.3, 0.4) is 0 Å². The lowest BCUT2D eigenvalue weighted by Crippen LogP contribution is -2.16. The first-order chi connectivity index (χ1) is 6.69. The van der Waals surface area contributed by atoms with Crippen LogP contribution in [-0.2, 0) is 4.74 Å². The van der Waals surface area contributed by atoms with E-state index in [1.165, 1.54) is 0 Å². The van der Waals surface area contributed by atoms with Crippen molar-refractivity contribution in [2.75, 3.05) is 20.3 Å². The van der Waals surface area contributed by atoms with Gasteiger partial charge in [0.05, 0.1) is 19.3 Å². The third-order valence-electron chi connectivity index (χ3n) is 1.74. The van der Waals surface area contributed by atoms with Crippen LogP contribution in [0, 0.1) is 0 Å². The molecular formula is C8H15N3O3. The van der Waals surface area contributed by atoms with E-state index >= 15 is 0 Å². The van der Waals surface area contributed by atoms with Gasteiger partial charge in [0, 0.05) is 7.11 Å².